The number of rotatable bonds is 6. The van der Waals surface area contributed by atoms with Crippen molar-refractivity contribution in [1.82, 2.24) is 19.9 Å². The molecule has 0 aliphatic heterocycles. The van der Waals surface area contributed by atoms with Crippen molar-refractivity contribution in [2.45, 2.75) is 12.5 Å². The van der Waals surface area contributed by atoms with Gasteiger partial charge in [0.1, 0.15) is 0 Å². The smallest absolute Gasteiger partial charge is 0.251 e. The van der Waals surface area contributed by atoms with E-state index in [0.29, 0.717) is 17.0 Å². The summed E-state index contributed by atoms with van der Waals surface area (Å²) in [5.41, 5.74) is 1.66. The molecule has 0 bridgehead atoms. The highest BCUT2D eigenvalue weighted by molar-refractivity contribution is 7.98. The van der Waals surface area contributed by atoms with Gasteiger partial charge in [0.05, 0.1) is 17.7 Å². The van der Waals surface area contributed by atoms with Crippen LogP contribution in [0.1, 0.15) is 34.2 Å². The first-order valence-corrected chi connectivity index (χ1v) is 9.22. The van der Waals surface area contributed by atoms with Crippen molar-refractivity contribution in [3.05, 3.63) is 65.6 Å². The fourth-order valence-corrected chi connectivity index (χ4v) is 3.04. The minimum Gasteiger partial charge on any atom is -0.342 e. The van der Waals surface area contributed by atoms with Gasteiger partial charge < -0.3 is 5.32 Å². The standard InChI is InChI=1S/C18H17N5OS/c1-25-10-8-15(17-22-21-16-7-2-3-9-23(16)17)20-18(24)14-6-4-5-13(11-14)12-19/h2-7,9,11,15H,8,10H2,1H3,(H,20,24). The maximum Gasteiger partial charge on any atom is 0.251 e. The summed E-state index contributed by atoms with van der Waals surface area (Å²) in [4.78, 5) is 12.6. The number of thioether (sulfide) groups is 1. The highest BCUT2D eigenvalue weighted by atomic mass is 32.2. The number of nitriles is 1. The van der Waals surface area contributed by atoms with E-state index in [0.717, 1.165) is 17.8 Å². The van der Waals surface area contributed by atoms with Gasteiger partial charge in [0.2, 0.25) is 0 Å². The first-order chi connectivity index (χ1) is 12.2. The number of nitrogens with one attached hydrogen (secondary N) is 1. The lowest BCUT2D eigenvalue weighted by Crippen LogP contribution is -2.30. The van der Waals surface area contributed by atoms with Crippen molar-refractivity contribution in [2.75, 3.05) is 12.0 Å². The third-order valence-electron chi connectivity index (χ3n) is 3.82. The van der Waals surface area contributed by atoms with E-state index in [1.807, 2.05) is 35.1 Å². The molecule has 1 atom stereocenters. The molecular formula is C18H17N5OS. The summed E-state index contributed by atoms with van der Waals surface area (Å²) in [5.74, 6) is 1.36. The van der Waals surface area contributed by atoms with Crippen LogP contribution in [0.3, 0.4) is 0 Å². The predicted molar refractivity (Wildman–Crippen MR) is 97.4 cm³/mol. The quantitative estimate of drug-likeness (QED) is 0.738. The Morgan fingerprint density at radius 2 is 2.20 bits per heavy atom. The van der Waals surface area contributed by atoms with Crippen molar-refractivity contribution in [3.63, 3.8) is 0 Å². The molecule has 7 heteroatoms. The molecule has 25 heavy (non-hydrogen) atoms. The van der Waals surface area contributed by atoms with Gasteiger partial charge in [-0.15, -0.1) is 10.2 Å². The van der Waals surface area contributed by atoms with Gasteiger partial charge in [-0.2, -0.15) is 17.0 Å². The number of aromatic nitrogens is 3. The molecule has 1 aromatic carbocycles. The average Bonchev–Trinajstić information content (AvgIpc) is 3.09. The summed E-state index contributed by atoms with van der Waals surface area (Å²) < 4.78 is 1.89. The van der Waals surface area contributed by atoms with Gasteiger partial charge in [-0.1, -0.05) is 12.1 Å². The first kappa shape index (κ1) is 17.0. The van der Waals surface area contributed by atoms with Crippen molar-refractivity contribution < 1.29 is 4.79 Å². The first-order valence-electron chi connectivity index (χ1n) is 7.82. The molecule has 6 nitrogen and oxygen atoms in total. The number of benzene rings is 1. The second-order valence-electron chi connectivity index (χ2n) is 5.49. The Bertz CT molecular complexity index is 930. The van der Waals surface area contributed by atoms with E-state index in [4.69, 9.17) is 5.26 Å². The lowest BCUT2D eigenvalue weighted by Gasteiger charge is -2.17. The van der Waals surface area contributed by atoms with Crippen LogP contribution in [0.15, 0.2) is 48.7 Å². The zero-order valence-corrected chi connectivity index (χ0v) is 14.5. The minimum absolute atomic E-state index is 0.226. The molecule has 0 aliphatic rings. The van der Waals surface area contributed by atoms with Crippen LogP contribution in [0.2, 0.25) is 0 Å². The maximum absolute atomic E-state index is 12.6. The van der Waals surface area contributed by atoms with Crippen molar-refractivity contribution in [3.8, 4) is 6.07 Å². The van der Waals surface area contributed by atoms with Gasteiger partial charge in [0.25, 0.3) is 5.91 Å². The molecule has 1 amide bonds. The highest BCUT2D eigenvalue weighted by Gasteiger charge is 2.21. The molecule has 0 radical (unpaired) electrons. The maximum atomic E-state index is 12.6. The largest absolute Gasteiger partial charge is 0.342 e. The molecule has 0 saturated carbocycles. The Labute approximate surface area is 149 Å². The molecule has 0 spiro atoms. The van der Waals surface area contributed by atoms with Crippen LogP contribution >= 0.6 is 11.8 Å². The van der Waals surface area contributed by atoms with Gasteiger partial charge in [-0.25, -0.2) is 0 Å². The molecule has 0 fully saturated rings. The van der Waals surface area contributed by atoms with Gasteiger partial charge >= 0.3 is 0 Å². The zero-order valence-electron chi connectivity index (χ0n) is 13.7. The molecule has 2 heterocycles. The highest BCUT2D eigenvalue weighted by Crippen LogP contribution is 2.19. The van der Waals surface area contributed by atoms with Crippen LogP contribution in [0, 0.1) is 11.3 Å². The van der Waals surface area contributed by atoms with Gasteiger partial charge in [-0.05, 0) is 48.8 Å². The summed E-state index contributed by atoms with van der Waals surface area (Å²) in [5, 5.41) is 20.5. The normalized spacial score (nSPS) is 11.8. The Balaban J connectivity index is 1.88. The Hall–Kier alpha value is -2.85. The third-order valence-corrected chi connectivity index (χ3v) is 4.47. The van der Waals surface area contributed by atoms with Crippen molar-refractivity contribution in [2.24, 2.45) is 0 Å². The molecule has 126 valence electrons. The number of hydrogen-bond donors (Lipinski definition) is 1. The minimum atomic E-state index is -0.261. The number of amides is 1. The van der Waals surface area contributed by atoms with E-state index >= 15 is 0 Å². The summed E-state index contributed by atoms with van der Waals surface area (Å²) in [7, 11) is 0. The van der Waals surface area contributed by atoms with Crippen LogP contribution in [-0.4, -0.2) is 32.5 Å². The number of fused-ring (bicyclic) bond motifs is 1. The topological polar surface area (TPSA) is 83.1 Å². The second kappa shape index (κ2) is 7.81. The molecule has 0 aliphatic carbocycles. The average molecular weight is 351 g/mol. The van der Waals surface area contributed by atoms with Gasteiger partial charge in [0.15, 0.2) is 11.5 Å². The van der Waals surface area contributed by atoms with Crippen LogP contribution in [0.4, 0.5) is 0 Å². The number of hydrogen-bond acceptors (Lipinski definition) is 5. The molecule has 1 N–H and O–H groups in total. The van der Waals surface area contributed by atoms with Crippen LogP contribution in [0.5, 0.6) is 0 Å². The molecule has 2 aromatic heterocycles. The fourth-order valence-electron chi connectivity index (χ4n) is 2.57. The lowest BCUT2D eigenvalue weighted by molar-refractivity contribution is 0.0933. The number of pyridine rings is 1. The number of carbonyl (C=O) groups is 1. The lowest BCUT2D eigenvalue weighted by atomic mass is 10.1. The summed E-state index contributed by atoms with van der Waals surface area (Å²) >= 11 is 1.71. The van der Waals surface area contributed by atoms with Crippen molar-refractivity contribution >= 4 is 23.3 Å². The van der Waals surface area contributed by atoms with Crippen LogP contribution in [0.25, 0.3) is 5.65 Å². The molecule has 0 saturated heterocycles. The second-order valence-corrected chi connectivity index (χ2v) is 6.47. The fraction of sp³-hybridized carbons (Fsp3) is 0.222. The van der Waals surface area contributed by atoms with E-state index in [9.17, 15) is 4.79 Å². The number of nitrogens with zero attached hydrogens (tertiary/aromatic N) is 4. The zero-order chi connectivity index (χ0) is 17.6. The Morgan fingerprint density at radius 1 is 1.32 bits per heavy atom. The number of carbonyl (C=O) groups excluding carboxylic acids is 1. The summed E-state index contributed by atoms with van der Waals surface area (Å²) in [6.45, 7) is 0. The molecule has 3 rings (SSSR count). The van der Waals surface area contributed by atoms with Crippen molar-refractivity contribution in [1.29, 1.82) is 5.26 Å². The summed E-state index contributed by atoms with van der Waals surface area (Å²) in [6.07, 6.45) is 4.65. The Kier molecular flexibility index (Phi) is 5.31. The molecule has 1 unspecified atom stereocenters. The van der Waals surface area contributed by atoms with Gasteiger partial charge in [0, 0.05) is 11.8 Å². The monoisotopic (exact) mass is 351 g/mol. The summed E-state index contributed by atoms with van der Waals surface area (Å²) in [6, 6.07) is 14.1. The van der Waals surface area contributed by atoms with E-state index in [2.05, 4.69) is 21.6 Å². The predicted octanol–water partition coefficient (Wildman–Crippen LogP) is 2.83. The third kappa shape index (κ3) is 3.80. The van der Waals surface area contributed by atoms with E-state index < -0.39 is 0 Å². The Morgan fingerprint density at radius 3 is 3.00 bits per heavy atom. The van der Waals surface area contributed by atoms with Crippen LogP contribution < -0.4 is 5.32 Å². The van der Waals surface area contributed by atoms with E-state index in [1.165, 1.54) is 0 Å². The van der Waals surface area contributed by atoms with Gasteiger partial charge in [-0.3, -0.25) is 9.20 Å². The van der Waals surface area contributed by atoms with E-state index in [1.54, 1.807) is 36.0 Å². The van der Waals surface area contributed by atoms with Crippen LogP contribution in [-0.2, 0) is 0 Å². The van der Waals surface area contributed by atoms with E-state index in [-0.39, 0.29) is 11.9 Å². The SMILES string of the molecule is CSCCC(NC(=O)c1cccc(C#N)c1)c1nnc2ccccn12. The molecular weight excluding hydrogens is 334 g/mol. The molecule has 3 aromatic rings.